The van der Waals surface area contributed by atoms with Gasteiger partial charge in [-0.05, 0) is 41.5 Å². The van der Waals surface area contributed by atoms with E-state index in [1.54, 1.807) is 47.6 Å². The van der Waals surface area contributed by atoms with Crippen molar-refractivity contribution in [2.24, 2.45) is 0 Å². The van der Waals surface area contributed by atoms with E-state index in [1.165, 1.54) is 6.33 Å². The minimum absolute atomic E-state index is 0.0780. The molecule has 142 valence electrons. The van der Waals surface area contributed by atoms with Gasteiger partial charge in [-0.1, -0.05) is 12.1 Å². The molecule has 29 heavy (non-hydrogen) atoms. The molecule has 1 aromatic heterocycles. The van der Waals surface area contributed by atoms with Crippen LogP contribution in [0.2, 0.25) is 0 Å². The van der Waals surface area contributed by atoms with Gasteiger partial charge in [-0.2, -0.15) is 5.26 Å². The Morgan fingerprint density at radius 3 is 2.59 bits per heavy atom. The highest BCUT2D eigenvalue weighted by atomic mass is 16.5. The summed E-state index contributed by atoms with van der Waals surface area (Å²) < 4.78 is 5.30. The molecule has 1 amide bonds. The van der Waals surface area contributed by atoms with Gasteiger partial charge in [0.05, 0.1) is 17.2 Å². The van der Waals surface area contributed by atoms with Crippen LogP contribution in [-0.2, 0) is 24.4 Å². The maximum Gasteiger partial charge on any atom is 0.338 e. The maximum absolute atomic E-state index is 12.7. The molecular formula is C22H16N4O3. The van der Waals surface area contributed by atoms with Crippen LogP contribution in [-0.4, -0.2) is 26.7 Å². The van der Waals surface area contributed by atoms with Gasteiger partial charge >= 0.3 is 5.97 Å². The molecule has 0 bridgehead atoms. The van der Waals surface area contributed by atoms with E-state index in [1.807, 2.05) is 12.1 Å². The number of carbonyl (C=O) groups is 2. The molecule has 0 spiro atoms. The number of nitriles is 1. The molecular weight excluding hydrogens is 368 g/mol. The van der Waals surface area contributed by atoms with Crippen LogP contribution < -0.4 is 0 Å². The van der Waals surface area contributed by atoms with Crippen molar-refractivity contribution in [1.29, 1.82) is 5.26 Å². The highest BCUT2D eigenvalue weighted by molar-refractivity contribution is 6.00. The van der Waals surface area contributed by atoms with Crippen molar-refractivity contribution in [3.05, 3.63) is 94.6 Å². The monoisotopic (exact) mass is 384 g/mol. The van der Waals surface area contributed by atoms with E-state index in [2.05, 4.69) is 16.0 Å². The van der Waals surface area contributed by atoms with Gasteiger partial charge in [-0.15, -0.1) is 0 Å². The molecule has 0 unspecified atom stereocenters. The third-order valence-corrected chi connectivity index (χ3v) is 4.66. The lowest BCUT2D eigenvalue weighted by molar-refractivity contribution is 0.0471. The fraction of sp³-hybridized carbons (Fsp3) is 0.136. The molecule has 0 atom stereocenters. The molecule has 2 aromatic carbocycles. The Hall–Kier alpha value is -4.05. The van der Waals surface area contributed by atoms with E-state index in [4.69, 9.17) is 10.00 Å². The Bertz CT molecular complexity index is 1110. The van der Waals surface area contributed by atoms with Crippen molar-refractivity contribution in [3.8, 4) is 6.07 Å². The van der Waals surface area contributed by atoms with Crippen molar-refractivity contribution in [3.63, 3.8) is 0 Å². The number of rotatable bonds is 5. The number of carbonyl (C=O) groups excluding carboxylic acids is 2. The predicted molar refractivity (Wildman–Crippen MR) is 102 cm³/mol. The maximum atomic E-state index is 12.7. The minimum atomic E-state index is -0.463. The number of benzene rings is 2. The van der Waals surface area contributed by atoms with Gasteiger partial charge < -0.3 is 9.64 Å². The minimum Gasteiger partial charge on any atom is -0.457 e. The highest BCUT2D eigenvalue weighted by Crippen LogP contribution is 2.26. The van der Waals surface area contributed by atoms with Gasteiger partial charge in [0.1, 0.15) is 12.9 Å². The molecule has 7 heteroatoms. The number of fused-ring (bicyclic) bond motifs is 1. The third kappa shape index (κ3) is 3.96. The van der Waals surface area contributed by atoms with Gasteiger partial charge in [-0.3, -0.25) is 4.79 Å². The average molecular weight is 384 g/mol. The van der Waals surface area contributed by atoms with Crippen LogP contribution in [0.5, 0.6) is 0 Å². The van der Waals surface area contributed by atoms with Gasteiger partial charge in [0.15, 0.2) is 0 Å². The fourth-order valence-corrected chi connectivity index (χ4v) is 3.18. The first-order valence-corrected chi connectivity index (χ1v) is 8.96. The molecule has 1 aliphatic rings. The smallest absolute Gasteiger partial charge is 0.338 e. The Balaban J connectivity index is 1.43. The van der Waals surface area contributed by atoms with Crippen LogP contribution in [0.4, 0.5) is 0 Å². The zero-order valence-corrected chi connectivity index (χ0v) is 15.4. The van der Waals surface area contributed by atoms with Crippen LogP contribution in [0, 0.1) is 11.3 Å². The standard InChI is InChI=1S/C22H16N4O3/c23-8-15-1-3-16(4-2-15)11-26-12-19-7-18(5-6-20(19)21(26)27)22(28)29-13-17-9-24-14-25-10-17/h1-7,9-10,14H,11-13H2. The zero-order valence-electron chi connectivity index (χ0n) is 15.4. The highest BCUT2D eigenvalue weighted by Gasteiger charge is 2.28. The first-order valence-electron chi connectivity index (χ1n) is 8.96. The van der Waals surface area contributed by atoms with E-state index in [0.29, 0.717) is 35.3 Å². The van der Waals surface area contributed by atoms with Crippen LogP contribution in [0.25, 0.3) is 0 Å². The van der Waals surface area contributed by atoms with E-state index in [-0.39, 0.29) is 12.5 Å². The molecule has 0 saturated heterocycles. The first-order chi connectivity index (χ1) is 14.1. The second-order valence-electron chi connectivity index (χ2n) is 6.66. The van der Waals surface area contributed by atoms with Crippen LogP contribution in [0.15, 0.2) is 61.2 Å². The van der Waals surface area contributed by atoms with Crippen molar-refractivity contribution in [2.75, 3.05) is 0 Å². The van der Waals surface area contributed by atoms with E-state index >= 15 is 0 Å². The SMILES string of the molecule is N#Cc1ccc(CN2Cc3cc(C(=O)OCc4cncnc4)ccc3C2=O)cc1. The molecule has 0 fully saturated rings. The summed E-state index contributed by atoms with van der Waals surface area (Å²) in [7, 11) is 0. The number of aromatic nitrogens is 2. The summed E-state index contributed by atoms with van der Waals surface area (Å²) >= 11 is 0. The molecule has 0 N–H and O–H groups in total. The number of hydrogen-bond acceptors (Lipinski definition) is 6. The van der Waals surface area contributed by atoms with Crippen molar-refractivity contribution >= 4 is 11.9 Å². The Kier molecular flexibility index (Phi) is 4.99. The second-order valence-corrected chi connectivity index (χ2v) is 6.66. The van der Waals surface area contributed by atoms with Crippen LogP contribution >= 0.6 is 0 Å². The van der Waals surface area contributed by atoms with E-state index in [9.17, 15) is 9.59 Å². The number of hydrogen-bond donors (Lipinski definition) is 0. The predicted octanol–water partition coefficient (Wildman–Crippen LogP) is 2.86. The average Bonchev–Trinajstić information content (AvgIpc) is 3.08. The first kappa shape index (κ1) is 18.3. The van der Waals surface area contributed by atoms with Crippen molar-refractivity contribution < 1.29 is 14.3 Å². The molecule has 0 aliphatic carbocycles. The summed E-state index contributed by atoms with van der Waals surface area (Å²) in [5, 5.41) is 8.89. The Morgan fingerprint density at radius 2 is 1.86 bits per heavy atom. The largest absolute Gasteiger partial charge is 0.457 e. The lowest BCUT2D eigenvalue weighted by Crippen LogP contribution is -2.23. The molecule has 0 radical (unpaired) electrons. The quantitative estimate of drug-likeness (QED) is 0.628. The van der Waals surface area contributed by atoms with E-state index < -0.39 is 5.97 Å². The summed E-state index contributed by atoms with van der Waals surface area (Å²) in [5.41, 5.74) is 4.00. The lowest BCUT2D eigenvalue weighted by Gasteiger charge is -2.15. The zero-order chi connectivity index (χ0) is 20.2. The summed E-state index contributed by atoms with van der Waals surface area (Å²) in [5.74, 6) is -0.541. The third-order valence-electron chi connectivity index (χ3n) is 4.66. The molecule has 7 nitrogen and oxygen atoms in total. The van der Waals surface area contributed by atoms with Gasteiger partial charge in [0, 0.05) is 36.6 Å². The fourth-order valence-electron chi connectivity index (χ4n) is 3.18. The van der Waals surface area contributed by atoms with Crippen LogP contribution in [0.3, 0.4) is 0 Å². The summed E-state index contributed by atoms with van der Waals surface area (Å²) in [4.78, 5) is 34.5. The molecule has 4 rings (SSSR count). The summed E-state index contributed by atoms with van der Waals surface area (Å²) in [6.45, 7) is 0.940. The molecule has 1 aliphatic heterocycles. The number of amides is 1. The molecule has 2 heterocycles. The summed E-state index contributed by atoms with van der Waals surface area (Å²) in [6, 6.07) is 14.2. The number of nitrogens with zero attached hydrogens (tertiary/aromatic N) is 4. The van der Waals surface area contributed by atoms with Crippen LogP contribution in [0.1, 0.15) is 43.0 Å². The van der Waals surface area contributed by atoms with Gasteiger partial charge in [-0.25, -0.2) is 14.8 Å². The van der Waals surface area contributed by atoms with Crippen molar-refractivity contribution in [1.82, 2.24) is 14.9 Å². The summed E-state index contributed by atoms with van der Waals surface area (Å²) in [6.07, 6.45) is 4.58. The molecule has 0 saturated carbocycles. The molecule has 3 aromatic rings. The lowest BCUT2D eigenvalue weighted by atomic mass is 10.1. The van der Waals surface area contributed by atoms with E-state index in [0.717, 1.165) is 11.1 Å². The van der Waals surface area contributed by atoms with Gasteiger partial charge in [0.25, 0.3) is 5.91 Å². The topological polar surface area (TPSA) is 96.2 Å². The normalized spacial score (nSPS) is 12.4. The Morgan fingerprint density at radius 1 is 1.10 bits per heavy atom. The number of ether oxygens (including phenoxy) is 1. The van der Waals surface area contributed by atoms with Crippen molar-refractivity contribution in [2.45, 2.75) is 19.7 Å². The van der Waals surface area contributed by atoms with Gasteiger partial charge in [0.2, 0.25) is 0 Å². The Labute approximate surface area is 167 Å². The second kappa shape index (κ2) is 7.90. The number of esters is 1.